The summed E-state index contributed by atoms with van der Waals surface area (Å²) >= 11 is 0. The molecular weight excluding hydrogens is 413 g/mol. The number of benzene rings is 2. The second-order valence-corrected chi connectivity index (χ2v) is 7.42. The molecule has 0 amide bonds. The van der Waals surface area contributed by atoms with E-state index in [1.807, 2.05) is 23.1 Å². The molecule has 0 radical (unpaired) electrons. The first-order chi connectivity index (χ1) is 15.5. The van der Waals surface area contributed by atoms with Gasteiger partial charge < -0.3 is 19.1 Å². The van der Waals surface area contributed by atoms with Gasteiger partial charge in [0.05, 0.1) is 19.9 Å². The minimum Gasteiger partial charge on any atom is -0.494 e. The standard InChI is InChI=1S/C24H24FN3O4/c1-4-31-23(29)18-13-26-24(28-15(2)11-17-7-5-6-8-20(17)28)27-22(18)32-14-16-9-10-21(30-3)19(25)12-16/h5-10,12-13,15H,4,11,14H2,1-3H3. The molecule has 1 aromatic heterocycles. The average molecular weight is 437 g/mol. The zero-order chi connectivity index (χ0) is 22.7. The summed E-state index contributed by atoms with van der Waals surface area (Å²) in [5.74, 6) is -0.422. The van der Waals surface area contributed by atoms with Crippen molar-refractivity contribution >= 4 is 17.6 Å². The lowest BCUT2D eigenvalue weighted by molar-refractivity contribution is 0.0519. The number of hydrogen-bond acceptors (Lipinski definition) is 7. The van der Waals surface area contributed by atoms with Gasteiger partial charge in [0, 0.05) is 11.7 Å². The van der Waals surface area contributed by atoms with Gasteiger partial charge in [-0.2, -0.15) is 4.98 Å². The van der Waals surface area contributed by atoms with Gasteiger partial charge in [0.25, 0.3) is 0 Å². The number of carbonyl (C=O) groups excluding carboxylic acids is 1. The van der Waals surface area contributed by atoms with Crippen molar-refractivity contribution in [2.24, 2.45) is 0 Å². The van der Waals surface area contributed by atoms with E-state index in [4.69, 9.17) is 14.2 Å². The molecule has 32 heavy (non-hydrogen) atoms. The summed E-state index contributed by atoms with van der Waals surface area (Å²) in [7, 11) is 1.40. The van der Waals surface area contributed by atoms with Gasteiger partial charge in [0.2, 0.25) is 11.8 Å². The zero-order valence-corrected chi connectivity index (χ0v) is 18.2. The van der Waals surface area contributed by atoms with Gasteiger partial charge in [-0.15, -0.1) is 0 Å². The van der Waals surface area contributed by atoms with Gasteiger partial charge in [-0.3, -0.25) is 0 Å². The maximum absolute atomic E-state index is 14.0. The second kappa shape index (κ2) is 9.21. The first kappa shape index (κ1) is 21.5. The van der Waals surface area contributed by atoms with E-state index >= 15 is 0 Å². The predicted molar refractivity (Wildman–Crippen MR) is 117 cm³/mol. The fourth-order valence-corrected chi connectivity index (χ4v) is 3.75. The van der Waals surface area contributed by atoms with Crippen LogP contribution in [0.2, 0.25) is 0 Å². The van der Waals surface area contributed by atoms with Crippen molar-refractivity contribution < 1.29 is 23.4 Å². The van der Waals surface area contributed by atoms with E-state index in [-0.39, 0.29) is 36.4 Å². The number of esters is 1. The van der Waals surface area contributed by atoms with Crippen LogP contribution < -0.4 is 14.4 Å². The van der Waals surface area contributed by atoms with E-state index in [1.54, 1.807) is 13.0 Å². The molecule has 0 bridgehead atoms. The topological polar surface area (TPSA) is 73.8 Å². The molecule has 0 saturated heterocycles. The van der Waals surface area contributed by atoms with Crippen molar-refractivity contribution in [3.63, 3.8) is 0 Å². The number of fused-ring (bicyclic) bond motifs is 1. The molecule has 0 fully saturated rings. The van der Waals surface area contributed by atoms with Gasteiger partial charge in [-0.05, 0) is 49.6 Å². The molecular formula is C24H24FN3O4. The predicted octanol–water partition coefficient (Wildman–Crippen LogP) is 4.46. The fourth-order valence-electron chi connectivity index (χ4n) is 3.75. The second-order valence-electron chi connectivity index (χ2n) is 7.42. The van der Waals surface area contributed by atoms with Crippen LogP contribution in [-0.2, 0) is 17.8 Å². The third kappa shape index (κ3) is 4.21. The van der Waals surface area contributed by atoms with E-state index in [1.165, 1.54) is 31.0 Å². The first-order valence-corrected chi connectivity index (χ1v) is 10.4. The van der Waals surface area contributed by atoms with Crippen LogP contribution in [0.3, 0.4) is 0 Å². The van der Waals surface area contributed by atoms with Crippen LogP contribution in [0, 0.1) is 5.82 Å². The van der Waals surface area contributed by atoms with E-state index < -0.39 is 11.8 Å². The molecule has 3 aromatic rings. The lowest BCUT2D eigenvalue weighted by atomic mass is 10.1. The molecule has 166 valence electrons. The Morgan fingerprint density at radius 1 is 1.25 bits per heavy atom. The molecule has 0 N–H and O–H groups in total. The van der Waals surface area contributed by atoms with Crippen LogP contribution >= 0.6 is 0 Å². The van der Waals surface area contributed by atoms with Crippen LogP contribution in [0.15, 0.2) is 48.7 Å². The number of halogens is 1. The van der Waals surface area contributed by atoms with Crippen LogP contribution in [-0.4, -0.2) is 35.7 Å². The van der Waals surface area contributed by atoms with Gasteiger partial charge in [-0.25, -0.2) is 14.2 Å². The Kier molecular flexibility index (Phi) is 6.20. The Morgan fingerprint density at radius 3 is 2.81 bits per heavy atom. The number of anilines is 2. The molecule has 0 spiro atoms. The largest absolute Gasteiger partial charge is 0.494 e. The molecule has 1 aliphatic heterocycles. The van der Waals surface area contributed by atoms with Crippen LogP contribution in [0.1, 0.15) is 35.3 Å². The number of para-hydroxylation sites is 1. The Balaban J connectivity index is 1.66. The monoisotopic (exact) mass is 437 g/mol. The molecule has 1 unspecified atom stereocenters. The van der Waals surface area contributed by atoms with Gasteiger partial charge in [0.1, 0.15) is 12.2 Å². The third-order valence-corrected chi connectivity index (χ3v) is 5.25. The summed E-state index contributed by atoms with van der Waals surface area (Å²) in [6, 6.07) is 12.7. The molecule has 1 atom stereocenters. The number of methoxy groups -OCH3 is 1. The quantitative estimate of drug-likeness (QED) is 0.505. The number of aromatic nitrogens is 2. The van der Waals surface area contributed by atoms with E-state index in [0.717, 1.165) is 12.1 Å². The number of rotatable bonds is 7. The molecule has 8 heteroatoms. The molecule has 7 nitrogen and oxygen atoms in total. The maximum atomic E-state index is 14.0. The Bertz CT molecular complexity index is 1140. The Hall–Kier alpha value is -3.68. The highest BCUT2D eigenvalue weighted by Gasteiger charge is 2.30. The molecule has 1 aliphatic rings. The van der Waals surface area contributed by atoms with Gasteiger partial charge in [-0.1, -0.05) is 24.3 Å². The van der Waals surface area contributed by atoms with Crippen LogP contribution in [0.25, 0.3) is 0 Å². The summed E-state index contributed by atoms with van der Waals surface area (Å²) in [6.45, 7) is 4.02. The lowest BCUT2D eigenvalue weighted by Crippen LogP contribution is -2.26. The maximum Gasteiger partial charge on any atom is 0.345 e. The fraction of sp³-hybridized carbons (Fsp3) is 0.292. The summed E-state index contributed by atoms with van der Waals surface area (Å²) < 4.78 is 30.0. The SMILES string of the molecule is CCOC(=O)c1cnc(N2c3ccccc3CC2C)nc1OCc1ccc(OC)c(F)c1. The zero-order valence-electron chi connectivity index (χ0n) is 18.2. The summed E-state index contributed by atoms with van der Waals surface area (Å²) in [4.78, 5) is 23.4. The van der Waals surface area contributed by atoms with E-state index in [0.29, 0.717) is 11.5 Å². The number of nitrogens with zero attached hydrogens (tertiary/aromatic N) is 3. The minimum atomic E-state index is -0.579. The van der Waals surface area contributed by atoms with E-state index in [2.05, 4.69) is 23.0 Å². The summed E-state index contributed by atoms with van der Waals surface area (Å²) in [5, 5.41) is 0. The highest BCUT2D eigenvalue weighted by Crippen LogP contribution is 2.37. The minimum absolute atomic E-state index is 0.00983. The van der Waals surface area contributed by atoms with Crippen LogP contribution in [0.4, 0.5) is 16.0 Å². The van der Waals surface area contributed by atoms with Crippen molar-refractivity contribution in [1.82, 2.24) is 9.97 Å². The lowest BCUT2D eigenvalue weighted by Gasteiger charge is -2.23. The van der Waals surface area contributed by atoms with Gasteiger partial charge >= 0.3 is 5.97 Å². The van der Waals surface area contributed by atoms with Gasteiger partial charge in [0.15, 0.2) is 11.6 Å². The third-order valence-electron chi connectivity index (χ3n) is 5.25. The number of ether oxygens (including phenoxy) is 3. The van der Waals surface area contributed by atoms with E-state index in [9.17, 15) is 9.18 Å². The normalized spacial score (nSPS) is 14.8. The van der Waals surface area contributed by atoms with Crippen molar-refractivity contribution in [2.45, 2.75) is 32.9 Å². The molecule has 4 rings (SSSR count). The highest BCUT2D eigenvalue weighted by atomic mass is 19.1. The summed E-state index contributed by atoms with van der Waals surface area (Å²) in [5.41, 5.74) is 2.91. The molecule has 2 heterocycles. The van der Waals surface area contributed by atoms with Crippen molar-refractivity contribution in [2.75, 3.05) is 18.6 Å². The first-order valence-electron chi connectivity index (χ1n) is 10.4. The molecule has 0 aliphatic carbocycles. The highest BCUT2D eigenvalue weighted by molar-refractivity contribution is 5.91. The molecule has 2 aromatic carbocycles. The van der Waals surface area contributed by atoms with Crippen molar-refractivity contribution in [1.29, 1.82) is 0 Å². The Morgan fingerprint density at radius 2 is 2.06 bits per heavy atom. The smallest absolute Gasteiger partial charge is 0.345 e. The average Bonchev–Trinajstić information content (AvgIpc) is 3.13. The Labute approximate surface area is 185 Å². The van der Waals surface area contributed by atoms with Crippen molar-refractivity contribution in [3.8, 4) is 11.6 Å². The van der Waals surface area contributed by atoms with Crippen LogP contribution in [0.5, 0.6) is 11.6 Å². The number of hydrogen-bond donors (Lipinski definition) is 0. The number of carbonyl (C=O) groups is 1. The summed E-state index contributed by atoms with van der Waals surface area (Å²) in [6.07, 6.45) is 2.28. The van der Waals surface area contributed by atoms with Crippen molar-refractivity contribution in [3.05, 3.63) is 71.2 Å². The molecule has 0 saturated carbocycles.